The Morgan fingerprint density at radius 1 is 0.695 bits per heavy atom. The number of aromatic nitrogens is 6. The molecule has 2 fully saturated rings. The summed E-state index contributed by atoms with van der Waals surface area (Å²) in [7, 11) is 0. The maximum absolute atomic E-state index is 15.1. The van der Waals surface area contributed by atoms with E-state index < -0.39 is 11.5 Å². The van der Waals surface area contributed by atoms with Gasteiger partial charge in [0, 0.05) is 75.9 Å². The van der Waals surface area contributed by atoms with Crippen molar-refractivity contribution in [2.45, 2.75) is 162 Å². The van der Waals surface area contributed by atoms with Crippen LogP contribution in [0.5, 0.6) is 0 Å². The molecule has 2 aliphatic rings. The van der Waals surface area contributed by atoms with Gasteiger partial charge in [0.1, 0.15) is 11.3 Å². The summed E-state index contributed by atoms with van der Waals surface area (Å²) >= 11 is 12.8. The largest absolute Gasteiger partial charge is 0.388 e. The zero-order valence-electron chi connectivity index (χ0n) is 48.4. The number of halogens is 3. The van der Waals surface area contributed by atoms with Gasteiger partial charge in [-0.15, -0.1) is 0 Å². The van der Waals surface area contributed by atoms with Crippen LogP contribution in [0.4, 0.5) is 4.39 Å². The van der Waals surface area contributed by atoms with Crippen molar-refractivity contribution in [2.75, 3.05) is 6.54 Å². The number of H-pyrrole nitrogens is 2. The van der Waals surface area contributed by atoms with Crippen LogP contribution in [0.2, 0.25) is 10.0 Å². The number of hydrogen-bond donors (Lipinski definition) is 6. The first kappa shape index (κ1) is 59.9. The van der Waals surface area contributed by atoms with Gasteiger partial charge in [-0.2, -0.15) is 9.97 Å². The molecule has 0 radical (unpaired) electrons. The van der Waals surface area contributed by atoms with Gasteiger partial charge in [0.25, 0.3) is 0 Å². The van der Waals surface area contributed by atoms with Gasteiger partial charge >= 0.3 is 11.4 Å². The lowest BCUT2D eigenvalue weighted by Gasteiger charge is -2.31. The van der Waals surface area contributed by atoms with Crippen molar-refractivity contribution in [1.82, 2.24) is 39.7 Å². The van der Waals surface area contributed by atoms with Gasteiger partial charge in [-0.1, -0.05) is 101 Å². The van der Waals surface area contributed by atoms with Gasteiger partial charge < -0.3 is 31.7 Å². The molecular formula is C66H80Cl2FN11O2. The highest BCUT2D eigenvalue weighted by atomic mass is 35.5. The Hall–Kier alpha value is -6.71. The number of piperidine rings is 2. The number of rotatable bonds is 20. The lowest BCUT2D eigenvalue weighted by molar-refractivity contribution is 0.315. The summed E-state index contributed by atoms with van der Waals surface area (Å²) in [4.78, 5) is 45.4. The van der Waals surface area contributed by atoms with Gasteiger partial charge in [0.2, 0.25) is 0 Å². The number of aryl methyl sites for hydroxylation is 2. The van der Waals surface area contributed by atoms with Crippen LogP contribution in [-0.4, -0.2) is 59.2 Å². The first-order chi connectivity index (χ1) is 39.4. The number of aliphatic imine (C=N–C) groups is 1. The highest BCUT2D eigenvalue weighted by molar-refractivity contribution is 6.31. The maximum atomic E-state index is 15.1. The molecule has 6 heterocycles. The topological polar surface area (TPSA) is 188 Å². The Morgan fingerprint density at radius 2 is 1.21 bits per heavy atom. The van der Waals surface area contributed by atoms with Gasteiger partial charge in [-0.05, 0) is 191 Å². The third kappa shape index (κ3) is 15.7. The van der Waals surface area contributed by atoms with Crippen LogP contribution in [0, 0.1) is 23.1 Å². The zero-order valence-corrected chi connectivity index (χ0v) is 49.9. The van der Waals surface area contributed by atoms with Crippen molar-refractivity contribution in [3.05, 3.63) is 162 Å². The van der Waals surface area contributed by atoms with Crippen molar-refractivity contribution in [3.63, 3.8) is 0 Å². The molecule has 7 N–H and O–H groups in total. The van der Waals surface area contributed by atoms with E-state index in [2.05, 4.69) is 93.6 Å². The Morgan fingerprint density at radius 3 is 1.73 bits per heavy atom. The molecule has 0 saturated carbocycles. The molecule has 4 aromatic heterocycles. The molecule has 432 valence electrons. The van der Waals surface area contributed by atoms with E-state index in [-0.39, 0.29) is 16.8 Å². The van der Waals surface area contributed by atoms with Crippen molar-refractivity contribution in [3.8, 4) is 33.9 Å². The summed E-state index contributed by atoms with van der Waals surface area (Å²) in [5.74, 6) is 1.45. The van der Waals surface area contributed by atoms with Gasteiger partial charge in [-0.25, -0.2) is 14.0 Å². The van der Waals surface area contributed by atoms with Gasteiger partial charge in [0.15, 0.2) is 5.82 Å². The number of hydrogen-bond acceptors (Lipinski definition) is 8. The molecule has 0 amide bonds. The Labute approximate surface area is 491 Å². The van der Waals surface area contributed by atoms with Gasteiger partial charge in [0.05, 0.1) is 27.9 Å². The fraction of sp³-hybridized carbons (Fsp3) is 0.424. The average molecular weight is 1150 g/mol. The monoisotopic (exact) mass is 1150 g/mol. The first-order valence-corrected chi connectivity index (χ1v) is 30.2. The van der Waals surface area contributed by atoms with Crippen LogP contribution >= 0.6 is 23.2 Å². The van der Waals surface area contributed by atoms with Crippen LogP contribution in [0.25, 0.3) is 56.0 Å². The highest BCUT2D eigenvalue weighted by Crippen LogP contribution is 2.34. The maximum Gasteiger partial charge on any atom is 0.354 e. The fourth-order valence-corrected chi connectivity index (χ4v) is 12.1. The second-order valence-corrected chi connectivity index (χ2v) is 24.5. The van der Waals surface area contributed by atoms with Gasteiger partial charge in [-0.3, -0.25) is 14.1 Å². The van der Waals surface area contributed by atoms with E-state index in [4.69, 9.17) is 34.3 Å². The van der Waals surface area contributed by atoms with E-state index in [0.29, 0.717) is 68.8 Å². The number of benzene rings is 4. The summed E-state index contributed by atoms with van der Waals surface area (Å²) < 4.78 is 18.3. The molecule has 82 heavy (non-hydrogen) atoms. The highest BCUT2D eigenvalue weighted by Gasteiger charge is 2.24. The van der Waals surface area contributed by atoms with Crippen molar-refractivity contribution < 1.29 is 4.39 Å². The van der Waals surface area contributed by atoms with E-state index in [1.54, 1.807) is 16.8 Å². The first-order valence-electron chi connectivity index (χ1n) is 29.5. The Bertz CT molecular complexity index is 3630. The standard InChI is InChI=1S/C33H39ClFN5O.C33H41ClN6O/c1-20(2)6-4-7-22-16-27(31(35)28(34)17-22)30-18-24-19-40(33(41)39-32(24)38-30)26-14-11-23(12-15-26)29-9-5-8-25(37-29)13-10-21(3)36;1-21(2)6-4-7-23-16-25(18-27(34)17-23)31-19-26-20-40(33(41)39-32(26)38-31)29-12-10-24(11-13-29)30-9-5-8-28(37-30)14-15-36-22(3)35/h11-12,14-20,25,29,36-37H,4-10,13H2,1-3H3,(H,38,39,41);10-13,16-21,28,30,37H,4-9,14-15H2,1-3H3,(H2,35,36)(H,38,39,41)/t25-,29-;28-,30-/m00/s1. The summed E-state index contributed by atoms with van der Waals surface area (Å²) in [5.41, 5.74) is 15.7. The summed E-state index contributed by atoms with van der Waals surface area (Å²) in [5, 5.41) is 17.6. The zero-order chi connectivity index (χ0) is 58.0. The van der Waals surface area contributed by atoms with Crippen molar-refractivity contribution in [1.29, 1.82) is 5.41 Å². The molecule has 13 nitrogen and oxygen atoms in total. The molecule has 0 aliphatic carbocycles. The van der Waals surface area contributed by atoms with E-state index in [1.165, 1.54) is 34.1 Å². The number of amidine groups is 1. The molecule has 8 aromatic rings. The molecule has 4 atom stereocenters. The molecule has 2 aliphatic heterocycles. The van der Waals surface area contributed by atoms with Crippen LogP contribution in [0.15, 0.2) is 118 Å². The number of fused-ring (bicyclic) bond motifs is 2. The number of nitrogens with one attached hydrogen (secondary N) is 5. The molecule has 0 bridgehead atoms. The molecule has 16 heteroatoms. The molecular weight excluding hydrogens is 1070 g/mol. The minimum absolute atomic E-state index is 0.0944. The van der Waals surface area contributed by atoms with Crippen LogP contribution in [-0.2, 0) is 12.8 Å². The number of aromatic amines is 2. The molecule has 0 unspecified atom stereocenters. The Balaban J connectivity index is 0.000000198. The fourth-order valence-electron chi connectivity index (χ4n) is 11.6. The molecule has 4 aromatic carbocycles. The summed E-state index contributed by atoms with van der Waals surface area (Å²) in [6.07, 6.45) is 19.4. The predicted octanol–water partition coefficient (Wildman–Crippen LogP) is 15.1. The van der Waals surface area contributed by atoms with Crippen LogP contribution in [0.3, 0.4) is 0 Å². The van der Waals surface area contributed by atoms with Crippen molar-refractivity contribution >= 4 is 56.8 Å². The van der Waals surface area contributed by atoms with E-state index in [0.717, 1.165) is 129 Å². The lowest BCUT2D eigenvalue weighted by atomic mass is 9.91. The normalized spacial score (nSPS) is 17.7. The summed E-state index contributed by atoms with van der Waals surface area (Å²) in [6, 6.07) is 31.3. The third-order valence-corrected chi connectivity index (χ3v) is 16.5. The Kier molecular flexibility index (Phi) is 20.1. The van der Waals surface area contributed by atoms with E-state index >= 15 is 4.39 Å². The third-order valence-electron chi connectivity index (χ3n) is 16.0. The van der Waals surface area contributed by atoms with Crippen molar-refractivity contribution in [2.24, 2.45) is 22.6 Å². The van der Waals surface area contributed by atoms with Crippen LogP contribution in [0.1, 0.15) is 159 Å². The molecule has 0 spiro atoms. The number of nitrogens with two attached hydrogens (primary N) is 1. The smallest absolute Gasteiger partial charge is 0.354 e. The number of nitrogens with zero attached hydrogens (tertiary/aromatic N) is 5. The summed E-state index contributed by atoms with van der Waals surface area (Å²) in [6.45, 7) is 13.3. The quantitative estimate of drug-likeness (QED) is 0.0323. The lowest BCUT2D eigenvalue weighted by Crippen LogP contribution is -2.37. The minimum atomic E-state index is -0.483. The SMILES string of the molecule is CC(=N)CC[C@@H]1CCC[C@@H](c2ccc(-n3cc4cc(-c5cc(CCCC(C)C)cc(Cl)c5F)[nH]c4nc3=O)cc2)N1.CC(N)=NCC[C@@H]1CCC[C@@H](c2ccc(-n3cc4cc(-c5cc(Cl)cc(CCCC(C)C)c5)[nH]c4nc3=O)cc2)N1. The molecule has 10 rings (SSSR count). The average Bonchev–Trinajstić information content (AvgIpc) is 4.29. The second kappa shape index (κ2) is 27.6. The predicted molar refractivity (Wildman–Crippen MR) is 336 cm³/mol. The molecule has 2 saturated heterocycles. The minimum Gasteiger partial charge on any atom is -0.388 e. The van der Waals surface area contributed by atoms with E-state index in [9.17, 15) is 9.59 Å². The van der Waals surface area contributed by atoms with E-state index in [1.807, 2.05) is 74.6 Å². The van der Waals surface area contributed by atoms with Crippen LogP contribution < -0.4 is 27.7 Å². The second-order valence-electron chi connectivity index (χ2n) is 23.6.